The van der Waals surface area contributed by atoms with Crippen molar-refractivity contribution in [2.45, 2.75) is 34.6 Å². The van der Waals surface area contributed by atoms with Gasteiger partial charge < -0.3 is 18.9 Å². The summed E-state index contributed by atoms with van der Waals surface area (Å²) in [4.78, 5) is 74.0. The van der Waals surface area contributed by atoms with Crippen LogP contribution in [0, 0.1) is 6.92 Å². The number of rotatable bonds is 4. The van der Waals surface area contributed by atoms with Gasteiger partial charge in [0.15, 0.2) is 17.3 Å². The van der Waals surface area contributed by atoms with Crippen molar-refractivity contribution in [1.29, 1.82) is 0 Å². The Bertz CT molecular complexity index is 1270. The third kappa shape index (κ3) is 4.22. The minimum Gasteiger partial charge on any atom is -0.426 e. The molecule has 0 spiro atoms. The Labute approximate surface area is 187 Å². The van der Waals surface area contributed by atoms with Gasteiger partial charge in [0, 0.05) is 38.8 Å². The van der Waals surface area contributed by atoms with Crippen LogP contribution in [0.3, 0.4) is 0 Å². The van der Waals surface area contributed by atoms with E-state index in [4.69, 9.17) is 18.9 Å². The third-order valence-corrected chi connectivity index (χ3v) is 4.53. The maximum Gasteiger partial charge on any atom is 0.308 e. The predicted octanol–water partition coefficient (Wildman–Crippen LogP) is 2.47. The summed E-state index contributed by atoms with van der Waals surface area (Å²) in [6, 6.07) is 4.06. The van der Waals surface area contributed by atoms with E-state index < -0.39 is 46.8 Å². The normalized spacial score (nSPS) is 11.8. The predicted molar refractivity (Wildman–Crippen MR) is 110 cm³/mol. The largest absolute Gasteiger partial charge is 0.426 e. The number of ketones is 2. The summed E-state index contributed by atoms with van der Waals surface area (Å²) in [5.74, 6) is -6.25. The van der Waals surface area contributed by atoms with Gasteiger partial charge in [0.1, 0.15) is 11.5 Å². The van der Waals surface area contributed by atoms with Gasteiger partial charge in [0.25, 0.3) is 0 Å². The van der Waals surface area contributed by atoms with E-state index in [0.29, 0.717) is 0 Å². The molecular formula is C23H18O10. The molecule has 2 aromatic carbocycles. The van der Waals surface area contributed by atoms with Gasteiger partial charge in [0.05, 0.1) is 16.7 Å². The van der Waals surface area contributed by atoms with Gasteiger partial charge in [-0.25, -0.2) is 0 Å². The lowest BCUT2D eigenvalue weighted by molar-refractivity contribution is -0.134. The van der Waals surface area contributed by atoms with E-state index in [-0.39, 0.29) is 39.5 Å². The van der Waals surface area contributed by atoms with Crippen molar-refractivity contribution in [1.82, 2.24) is 0 Å². The first-order chi connectivity index (χ1) is 15.4. The Morgan fingerprint density at radius 3 is 1.64 bits per heavy atom. The van der Waals surface area contributed by atoms with Crippen LogP contribution in [-0.4, -0.2) is 35.4 Å². The fourth-order valence-electron chi connectivity index (χ4n) is 3.47. The zero-order chi connectivity index (χ0) is 24.6. The van der Waals surface area contributed by atoms with Crippen LogP contribution < -0.4 is 18.9 Å². The van der Waals surface area contributed by atoms with Crippen molar-refractivity contribution in [2.24, 2.45) is 0 Å². The molecule has 33 heavy (non-hydrogen) atoms. The summed E-state index contributed by atoms with van der Waals surface area (Å²) in [6.07, 6.45) is 0. The Balaban J connectivity index is 2.47. The summed E-state index contributed by atoms with van der Waals surface area (Å²) >= 11 is 0. The van der Waals surface area contributed by atoms with Gasteiger partial charge in [-0.3, -0.25) is 28.8 Å². The molecule has 0 amide bonds. The fourth-order valence-corrected chi connectivity index (χ4v) is 3.47. The number of fused-ring (bicyclic) bond motifs is 2. The minimum atomic E-state index is -0.871. The van der Waals surface area contributed by atoms with Crippen LogP contribution >= 0.6 is 0 Å². The van der Waals surface area contributed by atoms with Gasteiger partial charge in [0.2, 0.25) is 5.78 Å². The first kappa shape index (κ1) is 23.3. The highest BCUT2D eigenvalue weighted by Gasteiger charge is 2.41. The van der Waals surface area contributed by atoms with Crippen LogP contribution in [0.1, 0.15) is 65.1 Å². The van der Waals surface area contributed by atoms with Gasteiger partial charge >= 0.3 is 23.9 Å². The van der Waals surface area contributed by atoms with Crippen molar-refractivity contribution in [3.8, 4) is 23.0 Å². The smallest absolute Gasteiger partial charge is 0.308 e. The van der Waals surface area contributed by atoms with Crippen LogP contribution in [0.2, 0.25) is 0 Å². The molecule has 10 heteroatoms. The van der Waals surface area contributed by atoms with Crippen LogP contribution in [-0.2, 0) is 19.2 Å². The molecule has 3 rings (SSSR count). The Kier molecular flexibility index (Phi) is 6.12. The number of ether oxygens (including phenoxy) is 4. The highest BCUT2D eigenvalue weighted by molar-refractivity contribution is 6.32. The van der Waals surface area contributed by atoms with Crippen molar-refractivity contribution in [2.75, 3.05) is 0 Å². The number of carbonyl (C=O) groups excluding carboxylic acids is 6. The highest BCUT2D eigenvalue weighted by atomic mass is 16.6. The molecule has 0 atom stereocenters. The molecule has 0 aromatic heterocycles. The molecule has 1 aliphatic rings. The molecule has 0 fully saturated rings. The first-order valence-electron chi connectivity index (χ1n) is 9.60. The summed E-state index contributed by atoms with van der Waals surface area (Å²) in [5.41, 5.74) is -1.22. The molecule has 0 N–H and O–H groups in total. The standard InChI is InChI=1S/C23H18O10/c1-9-21(31-11(3)25)17-18(23(33-13(5)27)22(9)32-12(4)26)20(29)16-14(19(17)28)7-6-8-15(16)30-10(2)24/h6-8H,1-5H3. The maximum absolute atomic E-state index is 13.6. The number of hydrogen-bond donors (Lipinski definition) is 0. The lowest BCUT2D eigenvalue weighted by Crippen LogP contribution is -2.26. The van der Waals surface area contributed by atoms with E-state index in [1.807, 2.05) is 0 Å². The molecule has 0 heterocycles. The van der Waals surface area contributed by atoms with E-state index >= 15 is 0 Å². The molecule has 0 bridgehead atoms. The zero-order valence-electron chi connectivity index (χ0n) is 18.3. The van der Waals surface area contributed by atoms with E-state index in [1.54, 1.807) is 0 Å². The summed E-state index contributed by atoms with van der Waals surface area (Å²) < 4.78 is 20.7. The van der Waals surface area contributed by atoms with Crippen LogP contribution in [0.15, 0.2) is 18.2 Å². The molecule has 0 saturated carbocycles. The number of esters is 4. The minimum absolute atomic E-state index is 0.0175. The van der Waals surface area contributed by atoms with E-state index in [0.717, 1.165) is 27.7 Å². The van der Waals surface area contributed by atoms with Crippen molar-refractivity contribution in [3.63, 3.8) is 0 Å². The average molecular weight is 454 g/mol. The van der Waals surface area contributed by atoms with Crippen molar-refractivity contribution < 1.29 is 47.7 Å². The monoisotopic (exact) mass is 454 g/mol. The maximum atomic E-state index is 13.6. The molecule has 0 aliphatic heterocycles. The molecular weight excluding hydrogens is 436 g/mol. The summed E-state index contributed by atoms with van der Waals surface area (Å²) in [6.45, 7) is 5.69. The number of carbonyl (C=O) groups is 6. The van der Waals surface area contributed by atoms with Crippen LogP contribution in [0.5, 0.6) is 23.0 Å². The van der Waals surface area contributed by atoms with Gasteiger partial charge in [-0.15, -0.1) is 0 Å². The van der Waals surface area contributed by atoms with Crippen LogP contribution in [0.4, 0.5) is 0 Å². The second-order valence-corrected chi connectivity index (χ2v) is 7.07. The average Bonchev–Trinajstić information content (AvgIpc) is 2.69. The lowest BCUT2D eigenvalue weighted by Gasteiger charge is -2.26. The van der Waals surface area contributed by atoms with E-state index in [1.165, 1.54) is 25.1 Å². The lowest BCUT2D eigenvalue weighted by atomic mass is 9.81. The number of benzene rings is 2. The van der Waals surface area contributed by atoms with Crippen LogP contribution in [0.25, 0.3) is 0 Å². The topological polar surface area (TPSA) is 139 Å². The van der Waals surface area contributed by atoms with E-state index in [9.17, 15) is 28.8 Å². The molecule has 0 unspecified atom stereocenters. The SMILES string of the molecule is CC(=O)Oc1cccc2c1C(=O)c1c(OC(C)=O)c(OC(C)=O)c(C)c(OC(C)=O)c1C2=O. The third-order valence-electron chi connectivity index (χ3n) is 4.53. The summed E-state index contributed by atoms with van der Waals surface area (Å²) in [5, 5.41) is 0. The molecule has 2 aromatic rings. The van der Waals surface area contributed by atoms with Gasteiger partial charge in [-0.1, -0.05) is 12.1 Å². The zero-order valence-corrected chi connectivity index (χ0v) is 18.3. The molecule has 0 saturated heterocycles. The Morgan fingerprint density at radius 1 is 0.606 bits per heavy atom. The molecule has 0 radical (unpaired) electrons. The molecule has 1 aliphatic carbocycles. The quantitative estimate of drug-likeness (QED) is 0.426. The first-order valence-corrected chi connectivity index (χ1v) is 9.60. The Hall–Kier alpha value is -4.34. The molecule has 170 valence electrons. The fraction of sp³-hybridized carbons (Fsp3) is 0.217. The Morgan fingerprint density at radius 2 is 1.09 bits per heavy atom. The molecule has 10 nitrogen and oxygen atoms in total. The van der Waals surface area contributed by atoms with Crippen molar-refractivity contribution in [3.05, 3.63) is 46.0 Å². The van der Waals surface area contributed by atoms with Gasteiger partial charge in [-0.2, -0.15) is 0 Å². The highest BCUT2D eigenvalue weighted by Crippen LogP contribution is 2.49. The van der Waals surface area contributed by atoms with Gasteiger partial charge in [-0.05, 0) is 13.0 Å². The second kappa shape index (κ2) is 8.65. The number of hydrogen-bond acceptors (Lipinski definition) is 10. The summed E-state index contributed by atoms with van der Waals surface area (Å²) in [7, 11) is 0. The van der Waals surface area contributed by atoms with Crippen molar-refractivity contribution >= 4 is 35.4 Å². The van der Waals surface area contributed by atoms with E-state index in [2.05, 4.69) is 0 Å². The second-order valence-electron chi connectivity index (χ2n) is 7.07.